The van der Waals surface area contributed by atoms with Crippen molar-refractivity contribution >= 4 is 34.2 Å². The van der Waals surface area contributed by atoms with Crippen LogP contribution in [-0.2, 0) is 6.61 Å². The molecule has 200 valence electrons. The third-order valence-corrected chi connectivity index (χ3v) is 6.97. The Morgan fingerprint density at radius 1 is 0.900 bits per heavy atom. The van der Waals surface area contributed by atoms with E-state index in [4.69, 9.17) is 25.5 Å². The Balaban J connectivity index is 1.51. The monoisotopic (exact) mass is 555 g/mol. The molecule has 6 nitrogen and oxygen atoms in total. The lowest BCUT2D eigenvalue weighted by molar-refractivity contribution is 0.0971. The second-order valence-electron chi connectivity index (χ2n) is 9.29. The molecule has 2 heterocycles. The summed E-state index contributed by atoms with van der Waals surface area (Å²) in [5, 5.41) is 0.475. The van der Waals surface area contributed by atoms with Gasteiger partial charge in [-0.05, 0) is 66.6 Å². The first-order chi connectivity index (χ1) is 19.4. The SMILES string of the molecule is CCOc1cc(C2c3c(oc4ccc(F)cc4c3=O)C(=O)N2c2cccc(Cl)c2)ccc1OCc1ccccc1. The maximum absolute atomic E-state index is 14.1. The van der Waals surface area contributed by atoms with Crippen molar-refractivity contribution in [2.75, 3.05) is 11.5 Å². The number of hydrogen-bond donors (Lipinski definition) is 0. The van der Waals surface area contributed by atoms with Crippen molar-refractivity contribution in [2.24, 2.45) is 0 Å². The van der Waals surface area contributed by atoms with Gasteiger partial charge in [-0.1, -0.05) is 54.1 Å². The van der Waals surface area contributed by atoms with Crippen molar-refractivity contribution in [1.29, 1.82) is 0 Å². The van der Waals surface area contributed by atoms with Crippen molar-refractivity contribution in [3.05, 3.63) is 135 Å². The minimum atomic E-state index is -0.882. The predicted molar refractivity (Wildman–Crippen MR) is 151 cm³/mol. The molecule has 1 unspecified atom stereocenters. The largest absolute Gasteiger partial charge is 0.490 e. The second kappa shape index (κ2) is 10.5. The third-order valence-electron chi connectivity index (χ3n) is 6.74. The maximum Gasteiger partial charge on any atom is 0.295 e. The van der Waals surface area contributed by atoms with Crippen LogP contribution in [-0.4, -0.2) is 12.5 Å². The average molecular weight is 556 g/mol. The van der Waals surface area contributed by atoms with Crippen LogP contribution in [0.4, 0.5) is 10.1 Å². The minimum absolute atomic E-state index is 0.0531. The van der Waals surface area contributed by atoms with E-state index < -0.39 is 23.2 Å². The number of hydrogen-bond acceptors (Lipinski definition) is 5. The van der Waals surface area contributed by atoms with Gasteiger partial charge in [-0.15, -0.1) is 0 Å². The van der Waals surface area contributed by atoms with Crippen LogP contribution in [0.1, 0.15) is 40.2 Å². The number of carbonyl (C=O) groups is 1. The van der Waals surface area contributed by atoms with E-state index in [9.17, 15) is 14.0 Å². The van der Waals surface area contributed by atoms with E-state index in [2.05, 4.69) is 0 Å². The zero-order valence-corrected chi connectivity index (χ0v) is 22.2. The molecule has 0 bridgehead atoms. The van der Waals surface area contributed by atoms with Crippen LogP contribution < -0.4 is 19.8 Å². The van der Waals surface area contributed by atoms with E-state index in [0.717, 1.165) is 11.6 Å². The standard InChI is InChI=1S/C32H23ClFNO5/c1-2-38-27-15-20(11-13-26(27)39-18-19-7-4-3-5-8-19)29-28-30(36)24-17-22(34)12-14-25(24)40-31(28)32(37)35(29)23-10-6-9-21(33)16-23/h3-17,29H,2,18H2,1H3. The number of ether oxygens (including phenoxy) is 2. The first-order valence-corrected chi connectivity index (χ1v) is 13.1. The maximum atomic E-state index is 14.1. The molecule has 0 spiro atoms. The van der Waals surface area contributed by atoms with Crippen molar-refractivity contribution in [3.63, 3.8) is 0 Å². The molecule has 40 heavy (non-hydrogen) atoms. The topological polar surface area (TPSA) is 69.0 Å². The van der Waals surface area contributed by atoms with Gasteiger partial charge in [0.25, 0.3) is 5.91 Å². The summed E-state index contributed by atoms with van der Waals surface area (Å²) in [5.41, 5.74) is 1.82. The molecule has 1 atom stereocenters. The molecule has 0 aliphatic carbocycles. The zero-order valence-electron chi connectivity index (χ0n) is 21.4. The fourth-order valence-corrected chi connectivity index (χ4v) is 5.15. The van der Waals surface area contributed by atoms with E-state index >= 15 is 0 Å². The summed E-state index contributed by atoms with van der Waals surface area (Å²) in [7, 11) is 0. The molecule has 6 rings (SSSR count). The van der Waals surface area contributed by atoms with Gasteiger partial charge >= 0.3 is 0 Å². The number of amides is 1. The number of halogens is 2. The van der Waals surface area contributed by atoms with E-state index in [-0.39, 0.29) is 22.3 Å². The molecule has 0 saturated carbocycles. The Morgan fingerprint density at radius 2 is 1.73 bits per heavy atom. The number of nitrogens with zero attached hydrogens (tertiary/aromatic N) is 1. The van der Waals surface area contributed by atoms with Crippen molar-refractivity contribution in [2.45, 2.75) is 19.6 Å². The summed E-state index contributed by atoms with van der Waals surface area (Å²) in [6.07, 6.45) is 0. The van der Waals surface area contributed by atoms with Gasteiger partial charge in [0.15, 0.2) is 16.9 Å². The first-order valence-electron chi connectivity index (χ1n) is 12.7. The molecule has 0 fully saturated rings. The highest BCUT2D eigenvalue weighted by atomic mass is 35.5. The molecular formula is C32H23ClFNO5. The van der Waals surface area contributed by atoms with Crippen LogP contribution in [0.15, 0.2) is 100 Å². The molecule has 0 radical (unpaired) electrons. The molecular weight excluding hydrogens is 533 g/mol. The number of rotatable bonds is 7. The van der Waals surface area contributed by atoms with Gasteiger partial charge in [0.2, 0.25) is 5.76 Å². The smallest absolute Gasteiger partial charge is 0.295 e. The fourth-order valence-electron chi connectivity index (χ4n) is 4.97. The van der Waals surface area contributed by atoms with Crippen LogP contribution in [0, 0.1) is 5.82 Å². The Bertz CT molecular complexity index is 1800. The van der Waals surface area contributed by atoms with Crippen LogP contribution in [0.5, 0.6) is 11.5 Å². The number of carbonyl (C=O) groups excluding carboxylic acids is 1. The van der Waals surface area contributed by atoms with Gasteiger partial charge in [0.1, 0.15) is 18.0 Å². The van der Waals surface area contributed by atoms with E-state index in [1.165, 1.54) is 17.0 Å². The van der Waals surface area contributed by atoms with Gasteiger partial charge < -0.3 is 13.9 Å². The van der Waals surface area contributed by atoms with E-state index in [1.54, 1.807) is 42.5 Å². The summed E-state index contributed by atoms with van der Waals surface area (Å²) in [6.45, 7) is 2.56. The number of anilines is 1. The van der Waals surface area contributed by atoms with Gasteiger partial charge in [-0.2, -0.15) is 0 Å². The number of fused-ring (bicyclic) bond motifs is 2. The Hall–Kier alpha value is -4.62. The van der Waals surface area contributed by atoms with Gasteiger partial charge in [0, 0.05) is 10.7 Å². The van der Waals surface area contributed by atoms with Crippen molar-refractivity contribution in [3.8, 4) is 11.5 Å². The van der Waals surface area contributed by atoms with Crippen LogP contribution in [0.2, 0.25) is 5.02 Å². The molecule has 0 saturated heterocycles. The molecule has 1 aliphatic rings. The van der Waals surface area contributed by atoms with Crippen LogP contribution in [0.25, 0.3) is 11.0 Å². The highest BCUT2D eigenvalue weighted by Crippen LogP contribution is 2.43. The third kappa shape index (κ3) is 4.58. The quantitative estimate of drug-likeness (QED) is 0.210. The lowest BCUT2D eigenvalue weighted by Gasteiger charge is -2.26. The zero-order chi connectivity index (χ0) is 27.8. The van der Waals surface area contributed by atoms with E-state index in [1.807, 2.05) is 37.3 Å². The Morgan fingerprint density at radius 3 is 2.50 bits per heavy atom. The molecule has 1 amide bonds. The summed E-state index contributed by atoms with van der Waals surface area (Å²) in [5.74, 6) is -0.213. The predicted octanol–water partition coefficient (Wildman–Crippen LogP) is 7.31. The van der Waals surface area contributed by atoms with Crippen molar-refractivity contribution in [1.82, 2.24) is 0 Å². The van der Waals surface area contributed by atoms with Crippen molar-refractivity contribution < 1.29 is 23.1 Å². The van der Waals surface area contributed by atoms with E-state index in [0.29, 0.717) is 41.0 Å². The van der Waals surface area contributed by atoms with Crippen LogP contribution in [0.3, 0.4) is 0 Å². The second-order valence-corrected chi connectivity index (χ2v) is 9.72. The lowest BCUT2D eigenvalue weighted by Crippen LogP contribution is -2.29. The normalized spacial score (nSPS) is 14.4. The Labute approximate surface area is 234 Å². The molecule has 4 aromatic carbocycles. The molecule has 8 heteroatoms. The fraction of sp³-hybridized carbons (Fsp3) is 0.125. The summed E-state index contributed by atoms with van der Waals surface area (Å²) >= 11 is 6.28. The van der Waals surface area contributed by atoms with Gasteiger partial charge in [-0.25, -0.2) is 4.39 Å². The first kappa shape index (κ1) is 25.6. The molecule has 1 aromatic heterocycles. The molecule has 0 N–H and O–H groups in total. The highest BCUT2D eigenvalue weighted by Gasteiger charge is 2.44. The number of benzene rings is 4. The van der Waals surface area contributed by atoms with Gasteiger partial charge in [0.05, 0.1) is 23.6 Å². The highest BCUT2D eigenvalue weighted by molar-refractivity contribution is 6.31. The molecule has 1 aliphatic heterocycles. The average Bonchev–Trinajstić information content (AvgIpc) is 3.25. The minimum Gasteiger partial charge on any atom is -0.490 e. The lowest BCUT2D eigenvalue weighted by atomic mass is 9.97. The molecule has 5 aromatic rings. The Kier molecular flexibility index (Phi) is 6.74. The summed E-state index contributed by atoms with van der Waals surface area (Å²) in [6, 6.07) is 24.6. The summed E-state index contributed by atoms with van der Waals surface area (Å²) < 4.78 is 32.0. The summed E-state index contributed by atoms with van der Waals surface area (Å²) in [4.78, 5) is 29.1. The van der Waals surface area contributed by atoms with Crippen LogP contribution >= 0.6 is 11.6 Å². The van der Waals surface area contributed by atoms with Gasteiger partial charge in [-0.3, -0.25) is 14.5 Å².